The Morgan fingerprint density at radius 1 is 1.89 bits per heavy atom. The lowest BCUT2D eigenvalue weighted by molar-refractivity contribution is 0.181. The Labute approximate surface area is 58.7 Å². The topological polar surface area (TPSA) is 44.6 Å². The van der Waals surface area contributed by atoms with Gasteiger partial charge in [0, 0.05) is 6.54 Å². The molecule has 0 radical (unpaired) electrons. The first-order valence-electron chi connectivity index (χ1n) is 2.84. The van der Waals surface area contributed by atoms with E-state index in [4.69, 9.17) is 16.7 Å². The van der Waals surface area contributed by atoms with Crippen molar-refractivity contribution in [3.63, 3.8) is 0 Å². The first kappa shape index (κ1) is 6.83. The Hall–Kier alpha value is -0.280. The fraction of sp³-hybridized carbons (Fsp3) is 0.800. The van der Waals surface area contributed by atoms with Gasteiger partial charge in [-0.15, -0.1) is 11.6 Å². The lowest BCUT2D eigenvalue weighted by Crippen LogP contribution is -2.39. The molecule has 1 aliphatic heterocycles. The van der Waals surface area contributed by atoms with Crippen molar-refractivity contribution in [1.29, 1.82) is 0 Å². The van der Waals surface area contributed by atoms with Gasteiger partial charge in [0.15, 0.2) is 0 Å². The third kappa shape index (κ3) is 1.84. The molecule has 2 N–H and O–H groups in total. The first-order valence-corrected chi connectivity index (χ1v) is 3.37. The zero-order valence-electron chi connectivity index (χ0n) is 4.97. The molecule has 0 fully saturated rings. The number of amidine groups is 1. The van der Waals surface area contributed by atoms with E-state index in [1.165, 1.54) is 0 Å². The van der Waals surface area contributed by atoms with Gasteiger partial charge in [0.2, 0.25) is 0 Å². The van der Waals surface area contributed by atoms with Gasteiger partial charge in [-0.3, -0.25) is 4.99 Å². The Balaban J connectivity index is 2.40. The summed E-state index contributed by atoms with van der Waals surface area (Å²) >= 11 is 5.45. The standard InChI is InChI=1S/C5H9ClN2O/c6-1-5-7-2-4(9)3-8-5/h4,9H,1-3H2,(H,7,8). The molecule has 1 unspecified atom stereocenters. The largest absolute Gasteiger partial charge is 0.389 e. The van der Waals surface area contributed by atoms with E-state index >= 15 is 0 Å². The minimum atomic E-state index is -0.336. The summed E-state index contributed by atoms with van der Waals surface area (Å²) in [6, 6.07) is 0. The second kappa shape index (κ2) is 3.03. The van der Waals surface area contributed by atoms with E-state index in [1.807, 2.05) is 0 Å². The third-order valence-electron chi connectivity index (χ3n) is 1.16. The summed E-state index contributed by atoms with van der Waals surface area (Å²) in [5.74, 6) is 1.19. The Morgan fingerprint density at radius 2 is 2.67 bits per heavy atom. The van der Waals surface area contributed by atoms with Crippen molar-refractivity contribution >= 4 is 17.4 Å². The average Bonchev–Trinajstić information content (AvgIpc) is 1.90. The number of nitrogens with one attached hydrogen (secondary N) is 1. The molecular weight excluding hydrogens is 140 g/mol. The van der Waals surface area contributed by atoms with Crippen LogP contribution in [0.2, 0.25) is 0 Å². The van der Waals surface area contributed by atoms with Crippen molar-refractivity contribution < 1.29 is 5.11 Å². The van der Waals surface area contributed by atoms with Gasteiger partial charge in [0.05, 0.1) is 18.5 Å². The molecule has 0 aliphatic carbocycles. The van der Waals surface area contributed by atoms with Crippen LogP contribution < -0.4 is 5.32 Å². The second-order valence-electron chi connectivity index (χ2n) is 1.96. The molecule has 9 heavy (non-hydrogen) atoms. The number of β-amino-alcohol motifs (C(OH)–C–C–N with tert-alkyl or cyclic N) is 1. The van der Waals surface area contributed by atoms with Gasteiger partial charge in [-0.05, 0) is 0 Å². The summed E-state index contributed by atoms with van der Waals surface area (Å²) in [6.45, 7) is 1.06. The van der Waals surface area contributed by atoms with E-state index in [1.54, 1.807) is 0 Å². The number of hydrogen-bond donors (Lipinski definition) is 2. The van der Waals surface area contributed by atoms with Crippen LogP contribution >= 0.6 is 11.6 Å². The molecular formula is C5H9ClN2O. The van der Waals surface area contributed by atoms with Crippen LogP contribution in [0.4, 0.5) is 0 Å². The number of alkyl halides is 1. The zero-order valence-corrected chi connectivity index (χ0v) is 5.73. The van der Waals surface area contributed by atoms with Crippen LogP contribution in [-0.4, -0.2) is 36.0 Å². The van der Waals surface area contributed by atoms with Gasteiger partial charge < -0.3 is 10.4 Å². The summed E-state index contributed by atoms with van der Waals surface area (Å²) in [6.07, 6.45) is -0.336. The van der Waals surface area contributed by atoms with Gasteiger partial charge >= 0.3 is 0 Å². The minimum absolute atomic E-state index is 0.336. The highest BCUT2D eigenvalue weighted by atomic mass is 35.5. The Bertz CT molecular complexity index is 126. The summed E-state index contributed by atoms with van der Waals surface area (Å²) in [4.78, 5) is 3.95. The molecule has 0 saturated heterocycles. The number of hydrogen-bond acceptors (Lipinski definition) is 3. The monoisotopic (exact) mass is 148 g/mol. The predicted molar refractivity (Wildman–Crippen MR) is 37.0 cm³/mol. The fourth-order valence-electron chi connectivity index (χ4n) is 0.661. The van der Waals surface area contributed by atoms with Crippen LogP contribution in [0.15, 0.2) is 4.99 Å². The van der Waals surface area contributed by atoms with E-state index in [0.717, 1.165) is 5.84 Å². The molecule has 0 amide bonds. The number of aliphatic imine (C=N–C) groups is 1. The van der Waals surface area contributed by atoms with Crippen LogP contribution in [0.25, 0.3) is 0 Å². The Morgan fingerprint density at radius 3 is 3.11 bits per heavy atom. The van der Waals surface area contributed by atoms with Crippen LogP contribution in [0.1, 0.15) is 0 Å². The van der Waals surface area contributed by atoms with Crippen molar-refractivity contribution in [3.8, 4) is 0 Å². The molecule has 0 bridgehead atoms. The molecule has 0 saturated carbocycles. The maximum Gasteiger partial charge on any atom is 0.111 e. The summed E-state index contributed by atoms with van der Waals surface area (Å²) in [5, 5.41) is 11.8. The van der Waals surface area contributed by atoms with E-state index in [0.29, 0.717) is 19.0 Å². The molecule has 0 spiro atoms. The molecule has 0 aromatic heterocycles. The molecule has 0 aromatic carbocycles. The highest BCUT2D eigenvalue weighted by Gasteiger charge is 2.09. The lowest BCUT2D eigenvalue weighted by Gasteiger charge is -2.16. The summed E-state index contributed by atoms with van der Waals surface area (Å²) in [7, 11) is 0. The molecule has 1 atom stereocenters. The van der Waals surface area contributed by atoms with E-state index in [9.17, 15) is 0 Å². The van der Waals surface area contributed by atoms with Gasteiger partial charge in [0.1, 0.15) is 5.84 Å². The number of halogens is 1. The molecule has 0 aromatic rings. The van der Waals surface area contributed by atoms with E-state index < -0.39 is 0 Å². The van der Waals surface area contributed by atoms with Crippen LogP contribution in [0.5, 0.6) is 0 Å². The number of aliphatic hydroxyl groups excluding tert-OH is 1. The van der Waals surface area contributed by atoms with Crippen LogP contribution in [0.3, 0.4) is 0 Å². The Kier molecular flexibility index (Phi) is 2.30. The molecule has 3 nitrogen and oxygen atoms in total. The summed E-state index contributed by atoms with van der Waals surface area (Å²) < 4.78 is 0. The average molecular weight is 149 g/mol. The fourth-order valence-corrected chi connectivity index (χ4v) is 0.840. The van der Waals surface area contributed by atoms with Crippen LogP contribution in [-0.2, 0) is 0 Å². The van der Waals surface area contributed by atoms with Crippen LogP contribution in [0, 0.1) is 0 Å². The van der Waals surface area contributed by atoms with Gasteiger partial charge in [-0.1, -0.05) is 0 Å². The van der Waals surface area contributed by atoms with E-state index in [-0.39, 0.29) is 6.10 Å². The highest BCUT2D eigenvalue weighted by Crippen LogP contribution is 1.92. The minimum Gasteiger partial charge on any atom is -0.389 e. The predicted octanol–water partition coefficient (Wildman–Crippen LogP) is -0.412. The normalized spacial score (nSPS) is 26.9. The van der Waals surface area contributed by atoms with Gasteiger partial charge in [0.25, 0.3) is 0 Å². The van der Waals surface area contributed by atoms with Crippen molar-refractivity contribution in [2.45, 2.75) is 6.10 Å². The smallest absolute Gasteiger partial charge is 0.111 e. The maximum absolute atomic E-state index is 8.91. The summed E-state index contributed by atoms with van der Waals surface area (Å²) in [5.41, 5.74) is 0. The first-order chi connectivity index (χ1) is 4.33. The van der Waals surface area contributed by atoms with Gasteiger partial charge in [-0.2, -0.15) is 0 Å². The van der Waals surface area contributed by atoms with E-state index in [2.05, 4.69) is 10.3 Å². The lowest BCUT2D eigenvalue weighted by atomic mass is 10.3. The molecule has 1 rings (SSSR count). The van der Waals surface area contributed by atoms with Crippen molar-refractivity contribution in [3.05, 3.63) is 0 Å². The van der Waals surface area contributed by atoms with Gasteiger partial charge in [-0.25, -0.2) is 0 Å². The zero-order chi connectivity index (χ0) is 6.69. The SMILES string of the molecule is OC1CN=C(CCl)NC1. The molecule has 1 heterocycles. The van der Waals surface area contributed by atoms with Crippen molar-refractivity contribution in [1.82, 2.24) is 5.32 Å². The number of aliphatic hydroxyl groups is 1. The number of rotatable bonds is 1. The number of nitrogens with zero attached hydrogens (tertiary/aromatic N) is 1. The highest BCUT2D eigenvalue weighted by molar-refractivity contribution is 6.28. The second-order valence-corrected chi connectivity index (χ2v) is 2.22. The maximum atomic E-state index is 8.91. The molecule has 4 heteroatoms. The van der Waals surface area contributed by atoms with Crippen molar-refractivity contribution in [2.24, 2.45) is 4.99 Å². The van der Waals surface area contributed by atoms with Crippen molar-refractivity contribution in [2.75, 3.05) is 19.0 Å². The molecule has 1 aliphatic rings. The quantitative estimate of drug-likeness (QED) is 0.497. The third-order valence-corrected chi connectivity index (χ3v) is 1.41. The molecule has 52 valence electrons.